The molecule has 1 aromatic heterocycles. The fourth-order valence-electron chi connectivity index (χ4n) is 2.21. The zero-order valence-electron chi connectivity index (χ0n) is 12.7. The van der Waals surface area contributed by atoms with Gasteiger partial charge in [0.15, 0.2) is 5.82 Å². The Labute approximate surface area is 133 Å². The molecule has 0 saturated carbocycles. The molecule has 0 aliphatic carbocycles. The second-order valence-electron chi connectivity index (χ2n) is 4.93. The average molecular weight is 315 g/mol. The molecule has 8 nitrogen and oxygen atoms in total. The minimum Gasteiger partial charge on any atom is -0.465 e. The number of morpholine rings is 1. The maximum absolute atomic E-state index is 11.4. The largest absolute Gasteiger partial charge is 0.465 e. The summed E-state index contributed by atoms with van der Waals surface area (Å²) >= 11 is 0. The number of carbonyl (C=O) groups is 1. The molecule has 2 aromatic rings. The van der Waals surface area contributed by atoms with Crippen molar-refractivity contribution in [3.8, 4) is 0 Å². The van der Waals surface area contributed by atoms with Crippen LogP contribution < -0.4 is 10.2 Å². The Morgan fingerprint density at radius 3 is 2.70 bits per heavy atom. The van der Waals surface area contributed by atoms with Crippen molar-refractivity contribution in [3.63, 3.8) is 0 Å². The van der Waals surface area contributed by atoms with E-state index in [2.05, 4.69) is 25.2 Å². The first kappa shape index (κ1) is 15.2. The van der Waals surface area contributed by atoms with Gasteiger partial charge < -0.3 is 19.7 Å². The molecule has 8 heteroatoms. The monoisotopic (exact) mass is 315 g/mol. The van der Waals surface area contributed by atoms with Crippen molar-refractivity contribution in [1.29, 1.82) is 0 Å². The van der Waals surface area contributed by atoms with Gasteiger partial charge in [0.2, 0.25) is 5.95 Å². The van der Waals surface area contributed by atoms with Crippen molar-refractivity contribution in [1.82, 2.24) is 15.2 Å². The van der Waals surface area contributed by atoms with Gasteiger partial charge in [0.25, 0.3) is 0 Å². The standard InChI is InChI=1S/C15H17N5O3/c1-22-14(21)11-2-4-12(5-3-11)17-13-10-16-19-15(18-13)20-6-8-23-9-7-20/h2-5,10H,6-9H2,1H3,(H,17,18,19). The lowest BCUT2D eigenvalue weighted by Crippen LogP contribution is -2.37. The summed E-state index contributed by atoms with van der Waals surface area (Å²) in [6.07, 6.45) is 1.55. The van der Waals surface area contributed by atoms with Crippen molar-refractivity contribution in [3.05, 3.63) is 36.0 Å². The number of rotatable bonds is 4. The molecule has 3 rings (SSSR count). The molecule has 1 aliphatic heterocycles. The predicted molar refractivity (Wildman–Crippen MR) is 83.9 cm³/mol. The highest BCUT2D eigenvalue weighted by Gasteiger charge is 2.14. The van der Waals surface area contributed by atoms with Crippen LogP contribution in [0.25, 0.3) is 0 Å². The number of nitrogens with one attached hydrogen (secondary N) is 1. The highest BCUT2D eigenvalue weighted by Crippen LogP contribution is 2.17. The molecule has 1 aromatic carbocycles. The molecule has 0 radical (unpaired) electrons. The van der Waals surface area contributed by atoms with Crippen molar-refractivity contribution in [2.75, 3.05) is 43.6 Å². The summed E-state index contributed by atoms with van der Waals surface area (Å²) in [5.41, 5.74) is 1.29. The molecular formula is C15H17N5O3. The van der Waals surface area contributed by atoms with Crippen LogP contribution in [0.5, 0.6) is 0 Å². The molecule has 0 spiro atoms. The number of hydrogen-bond donors (Lipinski definition) is 1. The Balaban J connectivity index is 1.71. The summed E-state index contributed by atoms with van der Waals surface area (Å²) in [6, 6.07) is 6.93. The molecule has 120 valence electrons. The predicted octanol–water partition coefficient (Wildman–Crippen LogP) is 1.24. The first-order valence-corrected chi connectivity index (χ1v) is 7.24. The van der Waals surface area contributed by atoms with E-state index in [9.17, 15) is 4.79 Å². The van der Waals surface area contributed by atoms with Crippen molar-refractivity contribution in [2.45, 2.75) is 0 Å². The lowest BCUT2D eigenvalue weighted by atomic mass is 10.2. The van der Waals surface area contributed by atoms with Crippen molar-refractivity contribution >= 4 is 23.4 Å². The summed E-state index contributed by atoms with van der Waals surface area (Å²) in [4.78, 5) is 17.9. The molecular weight excluding hydrogens is 298 g/mol. The van der Waals surface area contributed by atoms with Gasteiger partial charge in [0.05, 0.1) is 32.1 Å². The van der Waals surface area contributed by atoms with E-state index < -0.39 is 0 Å². The first-order chi connectivity index (χ1) is 11.3. The number of anilines is 3. The van der Waals surface area contributed by atoms with Gasteiger partial charge in [-0.05, 0) is 24.3 Å². The van der Waals surface area contributed by atoms with E-state index in [-0.39, 0.29) is 5.97 Å². The minimum absolute atomic E-state index is 0.366. The number of esters is 1. The van der Waals surface area contributed by atoms with Gasteiger partial charge in [0.1, 0.15) is 0 Å². The second kappa shape index (κ2) is 7.01. The third kappa shape index (κ3) is 3.72. The number of methoxy groups -OCH3 is 1. The van der Waals surface area contributed by atoms with E-state index in [0.717, 1.165) is 18.8 Å². The number of hydrogen-bond acceptors (Lipinski definition) is 8. The van der Waals surface area contributed by atoms with Gasteiger partial charge in [-0.15, -0.1) is 5.10 Å². The summed E-state index contributed by atoms with van der Waals surface area (Å²) in [5, 5.41) is 11.2. The summed E-state index contributed by atoms with van der Waals surface area (Å²) < 4.78 is 9.99. The number of carbonyl (C=O) groups excluding carboxylic acids is 1. The van der Waals surface area contributed by atoms with Crippen LogP contribution in [0.15, 0.2) is 30.5 Å². The third-order valence-corrected chi connectivity index (χ3v) is 3.42. The Kier molecular flexibility index (Phi) is 4.62. The SMILES string of the molecule is COC(=O)c1ccc(Nc2cnnc(N3CCOCC3)n2)cc1. The normalized spacial score (nSPS) is 14.4. The Hall–Kier alpha value is -2.74. The van der Waals surface area contributed by atoms with Gasteiger partial charge in [-0.25, -0.2) is 4.79 Å². The van der Waals surface area contributed by atoms with E-state index in [1.807, 2.05) is 4.90 Å². The van der Waals surface area contributed by atoms with Crippen molar-refractivity contribution in [2.24, 2.45) is 0 Å². The van der Waals surface area contributed by atoms with Crippen LogP contribution in [-0.2, 0) is 9.47 Å². The highest BCUT2D eigenvalue weighted by molar-refractivity contribution is 5.89. The number of benzene rings is 1. The van der Waals surface area contributed by atoms with Gasteiger partial charge in [-0.1, -0.05) is 0 Å². The van der Waals surface area contributed by atoms with E-state index in [0.29, 0.717) is 30.5 Å². The maximum atomic E-state index is 11.4. The zero-order valence-corrected chi connectivity index (χ0v) is 12.7. The Bertz CT molecular complexity index is 671. The molecule has 0 amide bonds. The van der Waals surface area contributed by atoms with Crippen LogP contribution in [-0.4, -0.2) is 54.6 Å². The molecule has 1 fully saturated rings. The van der Waals surface area contributed by atoms with Gasteiger partial charge in [-0.3, -0.25) is 0 Å². The van der Waals surface area contributed by atoms with Crippen LogP contribution in [0, 0.1) is 0 Å². The van der Waals surface area contributed by atoms with E-state index in [1.165, 1.54) is 7.11 Å². The molecule has 0 bridgehead atoms. The first-order valence-electron chi connectivity index (χ1n) is 7.24. The van der Waals surface area contributed by atoms with E-state index in [4.69, 9.17) is 4.74 Å². The Morgan fingerprint density at radius 2 is 2.00 bits per heavy atom. The Morgan fingerprint density at radius 1 is 1.26 bits per heavy atom. The molecule has 1 saturated heterocycles. The molecule has 0 atom stereocenters. The second-order valence-corrected chi connectivity index (χ2v) is 4.93. The molecule has 1 aliphatic rings. The number of nitrogens with zero attached hydrogens (tertiary/aromatic N) is 4. The van der Waals surface area contributed by atoms with Crippen molar-refractivity contribution < 1.29 is 14.3 Å². The van der Waals surface area contributed by atoms with Crippen LogP contribution in [0.4, 0.5) is 17.5 Å². The topological polar surface area (TPSA) is 89.5 Å². The fraction of sp³-hybridized carbons (Fsp3) is 0.333. The smallest absolute Gasteiger partial charge is 0.337 e. The summed E-state index contributed by atoms with van der Waals surface area (Å²) in [7, 11) is 1.36. The summed E-state index contributed by atoms with van der Waals surface area (Å²) in [6.45, 7) is 2.82. The summed E-state index contributed by atoms with van der Waals surface area (Å²) in [5.74, 6) is 0.798. The van der Waals surface area contributed by atoms with Gasteiger partial charge >= 0.3 is 5.97 Å². The highest BCUT2D eigenvalue weighted by atomic mass is 16.5. The van der Waals surface area contributed by atoms with Crippen LogP contribution in [0.3, 0.4) is 0 Å². The number of ether oxygens (including phenoxy) is 2. The van der Waals surface area contributed by atoms with Crippen LogP contribution in [0.1, 0.15) is 10.4 Å². The van der Waals surface area contributed by atoms with Crippen LogP contribution in [0.2, 0.25) is 0 Å². The lowest BCUT2D eigenvalue weighted by Gasteiger charge is -2.26. The lowest BCUT2D eigenvalue weighted by molar-refractivity contribution is 0.0601. The zero-order chi connectivity index (χ0) is 16.1. The quantitative estimate of drug-likeness (QED) is 0.843. The maximum Gasteiger partial charge on any atom is 0.337 e. The van der Waals surface area contributed by atoms with Gasteiger partial charge in [0, 0.05) is 18.8 Å². The van der Waals surface area contributed by atoms with E-state index >= 15 is 0 Å². The molecule has 2 heterocycles. The molecule has 0 unspecified atom stereocenters. The average Bonchev–Trinajstić information content (AvgIpc) is 2.63. The molecule has 23 heavy (non-hydrogen) atoms. The molecule has 1 N–H and O–H groups in total. The third-order valence-electron chi connectivity index (χ3n) is 3.42. The fourth-order valence-corrected chi connectivity index (χ4v) is 2.21. The van der Waals surface area contributed by atoms with E-state index in [1.54, 1.807) is 30.5 Å². The van der Waals surface area contributed by atoms with Gasteiger partial charge in [-0.2, -0.15) is 10.1 Å². The number of aromatic nitrogens is 3. The van der Waals surface area contributed by atoms with Crippen LogP contribution >= 0.6 is 0 Å². The minimum atomic E-state index is -0.366.